The summed E-state index contributed by atoms with van der Waals surface area (Å²) in [6.45, 7) is 3.17. The van der Waals surface area contributed by atoms with Crippen LogP contribution in [0.25, 0.3) is 0 Å². The van der Waals surface area contributed by atoms with E-state index in [0.29, 0.717) is 37.9 Å². The second-order valence-electron chi connectivity index (χ2n) is 7.69. The van der Waals surface area contributed by atoms with Gasteiger partial charge in [-0.2, -0.15) is 0 Å². The number of piperidine rings is 1. The number of halogens is 1. The number of fused-ring (bicyclic) bond motifs is 1. The van der Waals surface area contributed by atoms with E-state index < -0.39 is 11.5 Å². The molecule has 5 nitrogen and oxygen atoms in total. The van der Waals surface area contributed by atoms with Gasteiger partial charge in [-0.25, -0.2) is 4.39 Å². The molecule has 2 aliphatic heterocycles. The Morgan fingerprint density at radius 2 is 1.89 bits per heavy atom. The van der Waals surface area contributed by atoms with Gasteiger partial charge in [0, 0.05) is 33.0 Å². The zero-order valence-electron chi connectivity index (χ0n) is 16.2. The lowest BCUT2D eigenvalue weighted by atomic mass is 9.90. The molecule has 0 bridgehead atoms. The fraction of sp³-hybridized carbons (Fsp3) is 0.364. The highest BCUT2D eigenvalue weighted by molar-refractivity contribution is 6.02. The van der Waals surface area contributed by atoms with Gasteiger partial charge in [0.2, 0.25) is 5.91 Å². The minimum atomic E-state index is -0.540. The molecule has 0 radical (unpaired) electrons. The van der Waals surface area contributed by atoms with Gasteiger partial charge in [0.05, 0.1) is 17.7 Å². The van der Waals surface area contributed by atoms with Crippen LogP contribution in [-0.4, -0.2) is 42.5 Å². The molecule has 146 valence electrons. The first-order valence-corrected chi connectivity index (χ1v) is 9.58. The van der Waals surface area contributed by atoms with Crippen molar-refractivity contribution >= 4 is 17.5 Å². The standard InChI is InChI=1S/C22H24FN3O2/c1-15-5-3-4-6-16(15)13-20(27)26-11-9-22(10-12-26)24-21(28)18-14-17(23)7-8-19(18)25(22)2/h3-8,14H,9-13H2,1-2H3,(H,24,28). The van der Waals surface area contributed by atoms with Crippen molar-refractivity contribution in [1.29, 1.82) is 0 Å². The van der Waals surface area contributed by atoms with Gasteiger partial charge in [-0.1, -0.05) is 24.3 Å². The number of likely N-dealkylation sites (tertiary alicyclic amines) is 1. The topological polar surface area (TPSA) is 52.7 Å². The van der Waals surface area contributed by atoms with Crippen molar-refractivity contribution in [3.05, 3.63) is 65.0 Å². The average Bonchev–Trinajstić information content (AvgIpc) is 2.68. The van der Waals surface area contributed by atoms with E-state index in [-0.39, 0.29) is 11.8 Å². The third-order valence-corrected chi connectivity index (χ3v) is 6.10. The van der Waals surface area contributed by atoms with E-state index in [1.807, 2.05) is 48.0 Å². The molecule has 2 amide bonds. The summed E-state index contributed by atoms with van der Waals surface area (Å²) in [5.41, 5.74) is 2.71. The third kappa shape index (κ3) is 3.13. The Balaban J connectivity index is 1.48. The largest absolute Gasteiger partial charge is 0.351 e. The van der Waals surface area contributed by atoms with Crippen LogP contribution in [0.2, 0.25) is 0 Å². The third-order valence-electron chi connectivity index (χ3n) is 6.10. The molecular weight excluding hydrogens is 357 g/mol. The molecule has 0 aromatic heterocycles. The number of rotatable bonds is 2. The molecule has 6 heteroatoms. The van der Waals surface area contributed by atoms with Gasteiger partial charge in [0.15, 0.2) is 0 Å². The van der Waals surface area contributed by atoms with Crippen LogP contribution in [0.15, 0.2) is 42.5 Å². The van der Waals surface area contributed by atoms with Crippen molar-refractivity contribution in [2.24, 2.45) is 0 Å². The molecule has 1 saturated heterocycles. The minimum Gasteiger partial charge on any atom is -0.351 e. The fourth-order valence-electron chi connectivity index (χ4n) is 4.25. The fourth-order valence-corrected chi connectivity index (χ4v) is 4.25. The van der Waals surface area contributed by atoms with Crippen molar-refractivity contribution in [2.45, 2.75) is 31.8 Å². The van der Waals surface area contributed by atoms with Crippen LogP contribution in [0, 0.1) is 12.7 Å². The molecule has 28 heavy (non-hydrogen) atoms. The van der Waals surface area contributed by atoms with Crippen LogP contribution in [0.5, 0.6) is 0 Å². The van der Waals surface area contributed by atoms with E-state index >= 15 is 0 Å². The van der Waals surface area contributed by atoms with Crippen molar-refractivity contribution in [3.8, 4) is 0 Å². The molecule has 1 N–H and O–H groups in total. The van der Waals surface area contributed by atoms with E-state index in [1.165, 1.54) is 12.1 Å². The number of benzene rings is 2. The molecule has 0 unspecified atom stereocenters. The van der Waals surface area contributed by atoms with Gasteiger partial charge in [-0.05, 0) is 36.2 Å². The van der Waals surface area contributed by atoms with Crippen LogP contribution >= 0.6 is 0 Å². The lowest BCUT2D eigenvalue weighted by molar-refractivity contribution is -0.132. The Hall–Kier alpha value is -2.89. The van der Waals surface area contributed by atoms with E-state index in [2.05, 4.69) is 5.32 Å². The SMILES string of the molecule is Cc1ccccc1CC(=O)N1CCC2(CC1)NC(=O)c1cc(F)ccc1N2C. The number of amides is 2. The van der Waals surface area contributed by atoms with Gasteiger partial charge < -0.3 is 15.1 Å². The maximum Gasteiger partial charge on any atom is 0.255 e. The first-order chi connectivity index (χ1) is 13.4. The lowest BCUT2D eigenvalue weighted by Gasteiger charge is -2.51. The van der Waals surface area contributed by atoms with Crippen LogP contribution < -0.4 is 10.2 Å². The van der Waals surface area contributed by atoms with Crippen molar-refractivity contribution in [3.63, 3.8) is 0 Å². The maximum absolute atomic E-state index is 13.5. The number of carbonyl (C=O) groups excluding carboxylic acids is 2. The van der Waals surface area contributed by atoms with E-state index in [9.17, 15) is 14.0 Å². The monoisotopic (exact) mass is 381 g/mol. The number of hydrogen-bond donors (Lipinski definition) is 1. The quantitative estimate of drug-likeness (QED) is 0.870. The first-order valence-electron chi connectivity index (χ1n) is 9.58. The second-order valence-corrected chi connectivity index (χ2v) is 7.69. The number of hydrogen-bond acceptors (Lipinski definition) is 3. The van der Waals surface area contributed by atoms with Gasteiger partial charge in [-0.15, -0.1) is 0 Å². The van der Waals surface area contributed by atoms with Crippen molar-refractivity contribution in [2.75, 3.05) is 25.0 Å². The van der Waals surface area contributed by atoms with E-state index in [4.69, 9.17) is 0 Å². The number of nitrogens with zero attached hydrogens (tertiary/aromatic N) is 2. The zero-order chi connectivity index (χ0) is 19.9. The molecule has 1 fully saturated rings. The minimum absolute atomic E-state index is 0.108. The number of aryl methyl sites for hydroxylation is 1. The predicted molar refractivity (Wildman–Crippen MR) is 106 cm³/mol. The highest BCUT2D eigenvalue weighted by Gasteiger charge is 2.44. The van der Waals surface area contributed by atoms with Crippen molar-refractivity contribution in [1.82, 2.24) is 10.2 Å². The van der Waals surface area contributed by atoms with Gasteiger partial charge in [0.1, 0.15) is 11.5 Å². The number of anilines is 1. The Labute approximate surface area is 164 Å². The molecule has 2 aliphatic rings. The molecule has 2 aromatic carbocycles. The smallest absolute Gasteiger partial charge is 0.255 e. The van der Waals surface area contributed by atoms with Crippen LogP contribution in [-0.2, 0) is 11.2 Å². The molecular formula is C22H24FN3O2. The Bertz CT molecular complexity index is 935. The second kappa shape index (κ2) is 6.93. The number of carbonyl (C=O) groups is 2. The summed E-state index contributed by atoms with van der Waals surface area (Å²) < 4.78 is 13.5. The van der Waals surface area contributed by atoms with Crippen LogP contribution in [0.1, 0.15) is 34.3 Å². The molecule has 4 rings (SSSR count). The van der Waals surface area contributed by atoms with Crippen LogP contribution in [0.4, 0.5) is 10.1 Å². The number of nitrogens with one attached hydrogen (secondary N) is 1. The average molecular weight is 381 g/mol. The van der Waals surface area contributed by atoms with Gasteiger partial charge in [-0.3, -0.25) is 9.59 Å². The van der Waals surface area contributed by atoms with Crippen LogP contribution in [0.3, 0.4) is 0 Å². The zero-order valence-corrected chi connectivity index (χ0v) is 16.2. The Morgan fingerprint density at radius 1 is 1.18 bits per heavy atom. The van der Waals surface area contributed by atoms with Crippen molar-refractivity contribution < 1.29 is 14.0 Å². The summed E-state index contributed by atoms with van der Waals surface area (Å²) in [6.07, 6.45) is 1.65. The molecule has 0 atom stereocenters. The van der Waals surface area contributed by atoms with E-state index in [0.717, 1.165) is 16.8 Å². The molecule has 2 heterocycles. The molecule has 1 spiro atoms. The summed E-state index contributed by atoms with van der Waals surface area (Å²) >= 11 is 0. The molecule has 0 aliphatic carbocycles. The summed E-state index contributed by atoms with van der Waals surface area (Å²) in [4.78, 5) is 29.2. The normalized spacial score (nSPS) is 18.0. The predicted octanol–water partition coefficient (Wildman–Crippen LogP) is 2.88. The summed E-state index contributed by atoms with van der Waals surface area (Å²) in [5, 5.41) is 3.07. The summed E-state index contributed by atoms with van der Waals surface area (Å²) in [6, 6.07) is 12.2. The molecule has 0 saturated carbocycles. The first kappa shape index (κ1) is 18.5. The Morgan fingerprint density at radius 3 is 2.61 bits per heavy atom. The highest BCUT2D eigenvalue weighted by Crippen LogP contribution is 2.36. The Kier molecular flexibility index (Phi) is 4.57. The van der Waals surface area contributed by atoms with Gasteiger partial charge in [0.25, 0.3) is 5.91 Å². The molecule has 2 aromatic rings. The summed E-state index contributed by atoms with van der Waals surface area (Å²) in [5.74, 6) is -0.571. The lowest BCUT2D eigenvalue weighted by Crippen LogP contribution is -2.67. The maximum atomic E-state index is 13.5. The highest BCUT2D eigenvalue weighted by atomic mass is 19.1. The summed E-state index contributed by atoms with van der Waals surface area (Å²) in [7, 11) is 1.92. The van der Waals surface area contributed by atoms with E-state index in [1.54, 1.807) is 6.07 Å². The van der Waals surface area contributed by atoms with Gasteiger partial charge >= 0.3 is 0 Å².